The summed E-state index contributed by atoms with van der Waals surface area (Å²) in [7, 11) is -3.92. The number of hydrogen-bond acceptors (Lipinski definition) is 8. The molecule has 2 aromatic carbocycles. The molecule has 0 spiro atoms. The van der Waals surface area contributed by atoms with Crippen LogP contribution in [-0.4, -0.2) is 31.6 Å². The third-order valence-corrected chi connectivity index (χ3v) is 5.65. The maximum atomic E-state index is 12.4. The number of nitrogens with one attached hydrogen (secondary N) is 1. The summed E-state index contributed by atoms with van der Waals surface area (Å²) in [5, 5.41) is 11.4. The normalized spacial score (nSPS) is 12.1. The average Bonchev–Trinajstić information content (AvgIpc) is 3.09. The molecule has 1 heterocycles. The zero-order valence-electron chi connectivity index (χ0n) is 18.2. The highest BCUT2D eigenvalue weighted by Crippen LogP contribution is 2.19. The topological polar surface area (TPSA) is 151 Å². The Labute approximate surface area is 190 Å². The van der Waals surface area contributed by atoms with Gasteiger partial charge in [-0.3, -0.25) is 4.79 Å². The lowest BCUT2D eigenvalue weighted by Gasteiger charge is -2.14. The first kappa shape index (κ1) is 24.0. The van der Waals surface area contributed by atoms with Crippen LogP contribution in [0, 0.1) is 13.8 Å². The molecule has 0 bridgehead atoms. The number of amides is 1. The standard InChI is InChI=1S/C22H23N3O7S/c1-13-20(14(2)32-25-13)12-30-18-9-7-16(8-10-18)22(27)31-15(3)21(26)24-17-5-4-6-19(11-17)33(23,28)29/h4-11,15H,12H2,1-3H3,(H,24,26)(H2,23,28,29). The molecule has 0 saturated heterocycles. The number of nitrogens with two attached hydrogens (primary N) is 1. The van der Waals surface area contributed by atoms with Crippen LogP contribution in [0.25, 0.3) is 0 Å². The van der Waals surface area contributed by atoms with E-state index >= 15 is 0 Å². The van der Waals surface area contributed by atoms with Crippen molar-refractivity contribution in [2.75, 3.05) is 5.32 Å². The van der Waals surface area contributed by atoms with Crippen molar-refractivity contribution >= 4 is 27.6 Å². The predicted octanol–water partition coefficient (Wildman–Crippen LogP) is 2.70. The van der Waals surface area contributed by atoms with Crippen LogP contribution >= 0.6 is 0 Å². The largest absolute Gasteiger partial charge is 0.489 e. The Morgan fingerprint density at radius 3 is 2.45 bits per heavy atom. The van der Waals surface area contributed by atoms with Crippen molar-refractivity contribution in [3.8, 4) is 5.75 Å². The van der Waals surface area contributed by atoms with Gasteiger partial charge in [0.1, 0.15) is 18.1 Å². The first-order valence-electron chi connectivity index (χ1n) is 9.84. The Hall–Kier alpha value is -3.70. The van der Waals surface area contributed by atoms with Gasteiger partial charge in [0.05, 0.1) is 21.7 Å². The minimum absolute atomic E-state index is 0.151. The third kappa shape index (κ3) is 6.18. The molecule has 3 aromatic rings. The zero-order chi connectivity index (χ0) is 24.2. The van der Waals surface area contributed by atoms with Crippen LogP contribution in [0.15, 0.2) is 57.9 Å². The van der Waals surface area contributed by atoms with E-state index in [2.05, 4.69) is 10.5 Å². The minimum Gasteiger partial charge on any atom is -0.489 e. The average molecular weight is 474 g/mol. The van der Waals surface area contributed by atoms with Crippen LogP contribution in [0.4, 0.5) is 5.69 Å². The monoisotopic (exact) mass is 473 g/mol. The van der Waals surface area contributed by atoms with E-state index in [1.807, 2.05) is 6.92 Å². The molecule has 11 heteroatoms. The lowest BCUT2D eigenvalue weighted by molar-refractivity contribution is -0.123. The van der Waals surface area contributed by atoms with Gasteiger partial charge in [0, 0.05) is 5.69 Å². The van der Waals surface area contributed by atoms with E-state index < -0.39 is 28.0 Å². The fourth-order valence-corrected chi connectivity index (χ4v) is 3.39. The quantitative estimate of drug-likeness (QED) is 0.474. The molecule has 33 heavy (non-hydrogen) atoms. The van der Waals surface area contributed by atoms with E-state index in [1.54, 1.807) is 19.1 Å². The highest BCUT2D eigenvalue weighted by Gasteiger charge is 2.20. The number of nitrogens with zero attached hydrogens (tertiary/aromatic N) is 1. The van der Waals surface area contributed by atoms with E-state index in [9.17, 15) is 18.0 Å². The minimum atomic E-state index is -3.92. The summed E-state index contributed by atoms with van der Waals surface area (Å²) in [6, 6.07) is 11.7. The number of aryl methyl sites for hydroxylation is 2. The van der Waals surface area contributed by atoms with E-state index in [0.29, 0.717) is 11.5 Å². The summed E-state index contributed by atoms with van der Waals surface area (Å²) in [6.45, 7) is 5.29. The van der Waals surface area contributed by atoms with Gasteiger partial charge in [0.25, 0.3) is 5.91 Å². The van der Waals surface area contributed by atoms with Crippen LogP contribution in [-0.2, 0) is 26.2 Å². The summed E-state index contributed by atoms with van der Waals surface area (Å²) in [4.78, 5) is 24.6. The van der Waals surface area contributed by atoms with Gasteiger partial charge in [0.15, 0.2) is 6.10 Å². The number of primary sulfonamides is 1. The summed E-state index contributed by atoms with van der Waals surface area (Å²) in [5.74, 6) is -0.119. The highest BCUT2D eigenvalue weighted by atomic mass is 32.2. The van der Waals surface area contributed by atoms with Gasteiger partial charge in [0.2, 0.25) is 10.0 Å². The second-order valence-corrected chi connectivity index (χ2v) is 8.79. The van der Waals surface area contributed by atoms with E-state index in [1.165, 1.54) is 43.3 Å². The summed E-state index contributed by atoms with van der Waals surface area (Å²) < 4.78 is 38.9. The van der Waals surface area contributed by atoms with Crippen LogP contribution < -0.4 is 15.2 Å². The number of rotatable bonds is 8. The Morgan fingerprint density at radius 1 is 1.15 bits per heavy atom. The van der Waals surface area contributed by atoms with Gasteiger partial charge in [-0.1, -0.05) is 11.2 Å². The van der Waals surface area contributed by atoms with Crippen molar-refractivity contribution in [2.24, 2.45) is 5.14 Å². The molecule has 0 radical (unpaired) electrons. The molecule has 1 atom stereocenters. The Morgan fingerprint density at radius 2 is 1.85 bits per heavy atom. The smallest absolute Gasteiger partial charge is 0.338 e. The molecular formula is C22H23N3O7S. The first-order chi connectivity index (χ1) is 15.5. The van der Waals surface area contributed by atoms with E-state index in [-0.39, 0.29) is 22.8 Å². The highest BCUT2D eigenvalue weighted by molar-refractivity contribution is 7.89. The van der Waals surface area contributed by atoms with Crippen molar-refractivity contribution in [3.63, 3.8) is 0 Å². The molecule has 1 aromatic heterocycles. The number of sulfonamides is 1. The molecule has 0 aliphatic heterocycles. The maximum Gasteiger partial charge on any atom is 0.338 e. The van der Waals surface area contributed by atoms with Crippen molar-refractivity contribution in [3.05, 3.63) is 71.1 Å². The fraction of sp³-hybridized carbons (Fsp3) is 0.227. The van der Waals surface area contributed by atoms with Gasteiger partial charge in [-0.15, -0.1) is 0 Å². The molecule has 3 rings (SSSR count). The second-order valence-electron chi connectivity index (χ2n) is 7.23. The van der Waals surface area contributed by atoms with Crippen LogP contribution in [0.1, 0.15) is 34.3 Å². The van der Waals surface area contributed by atoms with Crippen molar-refractivity contribution in [1.29, 1.82) is 0 Å². The SMILES string of the molecule is Cc1noc(C)c1COc1ccc(C(=O)OC(C)C(=O)Nc2cccc(S(N)(=O)=O)c2)cc1. The molecule has 1 unspecified atom stereocenters. The predicted molar refractivity (Wildman–Crippen MR) is 118 cm³/mol. The van der Waals surface area contributed by atoms with E-state index in [0.717, 1.165) is 11.3 Å². The Balaban J connectivity index is 1.56. The molecule has 1 amide bonds. The van der Waals surface area contributed by atoms with Crippen LogP contribution in [0.5, 0.6) is 5.75 Å². The van der Waals surface area contributed by atoms with Crippen molar-refractivity contribution in [2.45, 2.75) is 38.4 Å². The number of esters is 1. The Kier molecular flexibility index (Phi) is 7.14. The molecular weight excluding hydrogens is 450 g/mol. The summed E-state index contributed by atoms with van der Waals surface area (Å²) in [6.07, 6.45) is -1.13. The summed E-state index contributed by atoms with van der Waals surface area (Å²) in [5.41, 5.74) is 2.04. The van der Waals surface area contributed by atoms with Gasteiger partial charge in [-0.05, 0) is 63.2 Å². The maximum absolute atomic E-state index is 12.4. The number of carbonyl (C=O) groups is 2. The lowest BCUT2D eigenvalue weighted by Crippen LogP contribution is -2.30. The Bertz CT molecular complexity index is 1250. The summed E-state index contributed by atoms with van der Waals surface area (Å²) >= 11 is 0. The fourth-order valence-electron chi connectivity index (χ4n) is 2.83. The molecule has 0 aliphatic carbocycles. The number of ether oxygens (including phenoxy) is 2. The van der Waals surface area contributed by atoms with Crippen molar-refractivity contribution in [1.82, 2.24) is 5.16 Å². The van der Waals surface area contributed by atoms with Gasteiger partial charge in [-0.2, -0.15) is 0 Å². The second kappa shape index (κ2) is 9.84. The zero-order valence-corrected chi connectivity index (χ0v) is 19.0. The van der Waals surface area contributed by atoms with Gasteiger partial charge in [-0.25, -0.2) is 18.4 Å². The van der Waals surface area contributed by atoms with Gasteiger partial charge >= 0.3 is 5.97 Å². The number of anilines is 1. The molecule has 10 nitrogen and oxygen atoms in total. The first-order valence-corrected chi connectivity index (χ1v) is 11.4. The number of hydrogen-bond donors (Lipinski definition) is 2. The van der Waals surface area contributed by atoms with Crippen LogP contribution in [0.3, 0.4) is 0 Å². The number of carbonyl (C=O) groups excluding carboxylic acids is 2. The molecule has 0 fully saturated rings. The van der Waals surface area contributed by atoms with Crippen LogP contribution in [0.2, 0.25) is 0 Å². The molecule has 174 valence electrons. The third-order valence-electron chi connectivity index (χ3n) is 4.74. The molecule has 3 N–H and O–H groups in total. The van der Waals surface area contributed by atoms with E-state index in [4.69, 9.17) is 19.1 Å². The molecule has 0 saturated carbocycles. The number of benzene rings is 2. The number of aromatic nitrogens is 1. The lowest BCUT2D eigenvalue weighted by atomic mass is 10.2. The van der Waals surface area contributed by atoms with Gasteiger partial charge < -0.3 is 19.3 Å². The van der Waals surface area contributed by atoms with Crippen molar-refractivity contribution < 1.29 is 32.0 Å². The molecule has 0 aliphatic rings.